The van der Waals surface area contributed by atoms with Crippen molar-refractivity contribution in [2.45, 2.75) is 51.5 Å². The Morgan fingerprint density at radius 1 is 1.17 bits per heavy atom. The molecule has 0 aliphatic rings. The maximum absolute atomic E-state index is 12.0. The van der Waals surface area contributed by atoms with Crippen molar-refractivity contribution in [2.24, 2.45) is 0 Å². The summed E-state index contributed by atoms with van der Waals surface area (Å²) in [4.78, 5) is 40.3. The first kappa shape index (κ1) is 23.8. The average molecular weight is 352 g/mol. The lowest BCUT2D eigenvalue weighted by Gasteiger charge is -2.10. The van der Waals surface area contributed by atoms with Gasteiger partial charge in [-0.2, -0.15) is 4.39 Å². The first-order valence-electron chi connectivity index (χ1n) is 6.90. The van der Waals surface area contributed by atoms with Gasteiger partial charge in [0, 0.05) is 12.2 Å². The first-order chi connectivity index (χ1) is 10.9. The van der Waals surface area contributed by atoms with Gasteiger partial charge in [-0.25, -0.2) is 14.4 Å². The predicted octanol–water partition coefficient (Wildman–Crippen LogP) is 0.953. The van der Waals surface area contributed by atoms with Gasteiger partial charge in [-0.3, -0.25) is 4.79 Å². The summed E-state index contributed by atoms with van der Waals surface area (Å²) in [5.74, 6) is -9.33. The van der Waals surface area contributed by atoms with Crippen molar-refractivity contribution in [2.75, 3.05) is 0 Å². The molecular weight excluding hydrogens is 331 g/mol. The summed E-state index contributed by atoms with van der Waals surface area (Å²) >= 11 is 0. The number of hydrogen-bond acceptors (Lipinski definition) is 6. The Kier molecular flexibility index (Phi) is 11.9. The van der Waals surface area contributed by atoms with Gasteiger partial charge in [0.25, 0.3) is 0 Å². The van der Waals surface area contributed by atoms with Crippen LogP contribution in [0.25, 0.3) is 0 Å². The summed E-state index contributed by atoms with van der Waals surface area (Å²) in [7, 11) is 0. The molecule has 0 aromatic carbocycles. The number of ether oxygens (including phenoxy) is 1. The van der Waals surface area contributed by atoms with Gasteiger partial charge >= 0.3 is 29.7 Å². The molecule has 0 bridgehead atoms. The molecule has 0 saturated heterocycles. The number of esters is 1. The van der Waals surface area contributed by atoms with E-state index in [0.717, 1.165) is 31.4 Å². The van der Waals surface area contributed by atoms with Crippen molar-refractivity contribution < 1.29 is 48.7 Å². The first-order valence-corrected chi connectivity index (χ1v) is 6.90. The fraction of sp³-hybridized carbons (Fsp3) is 0.571. The molecule has 0 saturated carbocycles. The van der Waals surface area contributed by atoms with Crippen molar-refractivity contribution in [3.63, 3.8) is 0 Å². The molecule has 0 spiro atoms. The topological polar surface area (TPSA) is 158 Å². The highest BCUT2D eigenvalue weighted by atomic mass is 19.2. The molecule has 2 unspecified atom stereocenters. The standard InChI is InChI=1S/C10H16O4.C4H5FO5/c1-3-4-5-8(2)14-10(13)7-6-9(11)12;5-4(10,3(8)9)1-2(6)7/h6-8H,3-5H2,1-2H3,(H,11,12);10H,1H2,(H,6,7)(H,8,9). The van der Waals surface area contributed by atoms with Gasteiger partial charge < -0.3 is 25.2 Å². The fourth-order valence-electron chi connectivity index (χ4n) is 1.20. The molecule has 0 radical (unpaired) electrons. The molecule has 0 aliphatic carbocycles. The quantitative estimate of drug-likeness (QED) is 0.350. The molecule has 4 N–H and O–H groups in total. The highest BCUT2D eigenvalue weighted by Crippen LogP contribution is 2.11. The molecule has 0 rings (SSSR count). The molecule has 0 fully saturated rings. The van der Waals surface area contributed by atoms with Crippen LogP contribution in [0, 0.1) is 0 Å². The molecule has 0 aromatic heterocycles. The number of hydrogen-bond donors (Lipinski definition) is 4. The lowest BCUT2D eigenvalue weighted by atomic mass is 10.2. The monoisotopic (exact) mass is 352 g/mol. The van der Waals surface area contributed by atoms with E-state index in [9.17, 15) is 23.6 Å². The largest absolute Gasteiger partial charge is 0.481 e. The van der Waals surface area contributed by atoms with E-state index < -0.39 is 36.2 Å². The van der Waals surface area contributed by atoms with E-state index in [1.165, 1.54) is 0 Å². The number of rotatable bonds is 9. The van der Waals surface area contributed by atoms with Gasteiger partial charge in [-0.05, 0) is 13.3 Å². The van der Waals surface area contributed by atoms with Crippen molar-refractivity contribution in [3.05, 3.63) is 12.2 Å². The van der Waals surface area contributed by atoms with E-state index >= 15 is 0 Å². The molecule has 0 aliphatic heterocycles. The van der Waals surface area contributed by atoms with Crippen LogP contribution in [0.15, 0.2) is 12.2 Å². The molecule has 0 heterocycles. The molecular formula is C14H21FO9. The Balaban J connectivity index is 0. The number of unbranched alkanes of at least 4 members (excludes halogenated alkanes) is 1. The highest BCUT2D eigenvalue weighted by Gasteiger charge is 2.38. The van der Waals surface area contributed by atoms with E-state index in [0.29, 0.717) is 0 Å². The summed E-state index contributed by atoms with van der Waals surface area (Å²) in [5.41, 5.74) is 0. The molecule has 0 amide bonds. The van der Waals surface area contributed by atoms with Crippen molar-refractivity contribution in [3.8, 4) is 0 Å². The lowest BCUT2D eigenvalue weighted by Crippen LogP contribution is -2.35. The lowest BCUT2D eigenvalue weighted by molar-refractivity contribution is -0.186. The van der Waals surface area contributed by atoms with Crippen LogP contribution >= 0.6 is 0 Å². The van der Waals surface area contributed by atoms with Crippen LogP contribution in [0.2, 0.25) is 0 Å². The minimum absolute atomic E-state index is 0.152. The number of carbonyl (C=O) groups is 4. The Labute approximate surface area is 137 Å². The van der Waals surface area contributed by atoms with E-state index in [2.05, 4.69) is 6.92 Å². The highest BCUT2D eigenvalue weighted by molar-refractivity contribution is 5.90. The number of carboxylic acids is 3. The Hall–Kier alpha value is -2.49. The third-order valence-electron chi connectivity index (χ3n) is 2.36. The zero-order valence-electron chi connectivity index (χ0n) is 13.3. The number of aliphatic hydroxyl groups is 1. The summed E-state index contributed by atoms with van der Waals surface area (Å²) in [6, 6.07) is 0. The minimum atomic E-state index is -3.66. The summed E-state index contributed by atoms with van der Waals surface area (Å²) in [6.45, 7) is 3.85. The zero-order chi connectivity index (χ0) is 19.3. The third kappa shape index (κ3) is 14.4. The van der Waals surface area contributed by atoms with Gasteiger partial charge in [-0.15, -0.1) is 0 Å². The van der Waals surface area contributed by atoms with Crippen LogP contribution in [0.4, 0.5) is 4.39 Å². The Morgan fingerprint density at radius 2 is 1.71 bits per heavy atom. The number of carboxylic acid groups (broad SMARTS) is 3. The zero-order valence-corrected chi connectivity index (χ0v) is 13.3. The predicted molar refractivity (Wildman–Crippen MR) is 77.8 cm³/mol. The average Bonchev–Trinajstić information content (AvgIpc) is 2.42. The number of aliphatic carboxylic acids is 3. The molecule has 24 heavy (non-hydrogen) atoms. The second-order valence-corrected chi connectivity index (χ2v) is 4.70. The molecule has 10 heteroatoms. The van der Waals surface area contributed by atoms with E-state index in [1.807, 2.05) is 0 Å². The molecule has 138 valence electrons. The van der Waals surface area contributed by atoms with Crippen LogP contribution in [0.3, 0.4) is 0 Å². The van der Waals surface area contributed by atoms with Crippen LogP contribution in [0.1, 0.15) is 39.5 Å². The van der Waals surface area contributed by atoms with Crippen LogP contribution in [0.5, 0.6) is 0 Å². The Morgan fingerprint density at radius 3 is 2.04 bits per heavy atom. The third-order valence-corrected chi connectivity index (χ3v) is 2.36. The minimum Gasteiger partial charge on any atom is -0.481 e. The van der Waals surface area contributed by atoms with Gasteiger partial charge in [0.1, 0.15) is 6.42 Å². The van der Waals surface area contributed by atoms with E-state index in [-0.39, 0.29) is 6.10 Å². The maximum Gasteiger partial charge on any atom is 0.370 e. The van der Waals surface area contributed by atoms with Gasteiger partial charge in [-0.1, -0.05) is 19.8 Å². The summed E-state index contributed by atoms with van der Waals surface area (Å²) < 4.78 is 17.0. The van der Waals surface area contributed by atoms with E-state index in [1.54, 1.807) is 6.92 Å². The second kappa shape index (κ2) is 12.0. The molecule has 2 atom stereocenters. The number of halogens is 1. The van der Waals surface area contributed by atoms with Crippen LogP contribution in [-0.4, -0.2) is 56.3 Å². The van der Waals surface area contributed by atoms with E-state index in [4.69, 9.17) is 25.2 Å². The maximum atomic E-state index is 12.0. The summed E-state index contributed by atoms with van der Waals surface area (Å²) in [5, 5.41) is 32.0. The van der Waals surface area contributed by atoms with Crippen LogP contribution in [-0.2, 0) is 23.9 Å². The van der Waals surface area contributed by atoms with Crippen molar-refractivity contribution in [1.29, 1.82) is 0 Å². The van der Waals surface area contributed by atoms with Crippen LogP contribution < -0.4 is 0 Å². The van der Waals surface area contributed by atoms with Gasteiger partial charge in [0.05, 0.1) is 6.10 Å². The smallest absolute Gasteiger partial charge is 0.370 e. The SMILES string of the molecule is CCCCC(C)OC(=O)C=CC(=O)O.O=C(O)CC(O)(F)C(=O)O. The van der Waals surface area contributed by atoms with Gasteiger partial charge in [0.2, 0.25) is 0 Å². The van der Waals surface area contributed by atoms with Gasteiger partial charge in [0.15, 0.2) is 0 Å². The second-order valence-electron chi connectivity index (χ2n) is 4.70. The number of alkyl halides is 1. The van der Waals surface area contributed by atoms with Crippen molar-refractivity contribution in [1.82, 2.24) is 0 Å². The Bertz CT molecular complexity index is 471. The number of carbonyl (C=O) groups excluding carboxylic acids is 1. The summed E-state index contributed by atoms with van der Waals surface area (Å²) in [6.07, 6.45) is 2.94. The van der Waals surface area contributed by atoms with Crippen molar-refractivity contribution >= 4 is 23.9 Å². The fourth-order valence-corrected chi connectivity index (χ4v) is 1.20. The normalized spacial score (nSPS) is 14.0. The molecule has 9 nitrogen and oxygen atoms in total. The molecule has 0 aromatic rings.